The monoisotopic (exact) mass is 234 g/mol. The number of nitrogens with one attached hydrogen (secondary N) is 2. The van der Waals surface area contributed by atoms with E-state index in [-0.39, 0.29) is 11.4 Å². The Balaban J connectivity index is 1.63. The van der Waals surface area contributed by atoms with Crippen molar-refractivity contribution >= 4 is 11.9 Å². The second-order valence-electron chi connectivity index (χ2n) is 5.81. The summed E-state index contributed by atoms with van der Waals surface area (Å²) in [5.74, 6) is 1.36. The highest BCUT2D eigenvalue weighted by atomic mass is 16.2. The van der Waals surface area contributed by atoms with Gasteiger partial charge in [0.05, 0.1) is 6.04 Å². The van der Waals surface area contributed by atoms with Crippen LogP contribution in [0, 0.1) is 5.92 Å². The summed E-state index contributed by atoms with van der Waals surface area (Å²) < 4.78 is 0. The summed E-state index contributed by atoms with van der Waals surface area (Å²) in [6, 6.07) is 0.453. The number of guanidine groups is 1. The molecular formula is C12H18N4O. The Kier molecular flexibility index (Phi) is 1.87. The van der Waals surface area contributed by atoms with Crippen LogP contribution in [-0.2, 0) is 4.79 Å². The molecular weight excluding hydrogens is 216 g/mol. The van der Waals surface area contributed by atoms with Gasteiger partial charge in [0, 0.05) is 6.54 Å². The van der Waals surface area contributed by atoms with E-state index in [1.54, 1.807) is 0 Å². The van der Waals surface area contributed by atoms with Crippen molar-refractivity contribution in [3.05, 3.63) is 0 Å². The molecule has 0 radical (unpaired) electrons. The summed E-state index contributed by atoms with van der Waals surface area (Å²) in [6.07, 6.45) is 4.61. The highest BCUT2D eigenvalue weighted by Gasteiger charge is 2.55. The van der Waals surface area contributed by atoms with Gasteiger partial charge >= 0.3 is 0 Å². The van der Waals surface area contributed by atoms with Gasteiger partial charge in [-0.3, -0.25) is 10.1 Å². The molecule has 5 heteroatoms. The minimum atomic E-state index is -0.371. The van der Waals surface area contributed by atoms with Crippen LogP contribution >= 0.6 is 0 Å². The number of piperidine rings is 3. The Bertz CT molecular complexity index is 395. The summed E-state index contributed by atoms with van der Waals surface area (Å²) in [6.45, 7) is 3.15. The van der Waals surface area contributed by atoms with Crippen LogP contribution in [0.1, 0.15) is 25.7 Å². The first kappa shape index (κ1) is 9.88. The molecule has 5 nitrogen and oxygen atoms in total. The van der Waals surface area contributed by atoms with Gasteiger partial charge in [0.1, 0.15) is 5.54 Å². The second-order valence-corrected chi connectivity index (χ2v) is 5.81. The Morgan fingerprint density at radius 3 is 2.59 bits per heavy atom. The fourth-order valence-corrected chi connectivity index (χ4v) is 3.43. The lowest BCUT2D eigenvalue weighted by Crippen LogP contribution is -2.67. The zero-order chi connectivity index (χ0) is 11.5. The molecule has 1 amide bonds. The number of nitrogens with zero attached hydrogens (tertiary/aromatic N) is 2. The first-order valence-corrected chi connectivity index (χ1v) is 6.66. The third-order valence-electron chi connectivity index (χ3n) is 4.59. The molecule has 2 bridgehead atoms. The highest BCUT2D eigenvalue weighted by Crippen LogP contribution is 2.37. The molecule has 0 aromatic carbocycles. The average Bonchev–Trinajstić information content (AvgIpc) is 3.09. The number of carbonyl (C=O) groups excluding carboxylic acids is 1. The van der Waals surface area contributed by atoms with E-state index in [1.165, 1.54) is 12.8 Å². The predicted molar refractivity (Wildman–Crippen MR) is 63.6 cm³/mol. The summed E-state index contributed by atoms with van der Waals surface area (Å²) in [4.78, 5) is 19.2. The molecule has 5 fully saturated rings. The number of rotatable bonds is 1. The SMILES string of the molecule is O=C1NC(=NC2CC2)NC12CN1CCC2CC1. The summed E-state index contributed by atoms with van der Waals surface area (Å²) in [5, 5.41) is 6.35. The molecule has 2 N–H and O–H groups in total. The number of fused-ring (bicyclic) bond motifs is 2. The molecule has 1 saturated carbocycles. The van der Waals surface area contributed by atoms with Crippen LogP contribution in [0.2, 0.25) is 0 Å². The highest BCUT2D eigenvalue weighted by molar-refractivity contribution is 6.09. The normalized spacial score (nSPS) is 46.4. The summed E-state index contributed by atoms with van der Waals surface area (Å²) in [5.41, 5.74) is -0.371. The van der Waals surface area contributed by atoms with Gasteiger partial charge in [-0.2, -0.15) is 0 Å². The number of hydrogen-bond donors (Lipinski definition) is 2. The van der Waals surface area contributed by atoms with Crippen molar-refractivity contribution in [3.8, 4) is 0 Å². The minimum Gasteiger partial charge on any atom is -0.340 e. The fourth-order valence-electron chi connectivity index (χ4n) is 3.43. The molecule has 92 valence electrons. The van der Waals surface area contributed by atoms with E-state index in [1.807, 2.05) is 0 Å². The van der Waals surface area contributed by atoms with Gasteiger partial charge in [-0.05, 0) is 44.7 Å². The maximum atomic E-state index is 12.3. The molecule has 17 heavy (non-hydrogen) atoms. The van der Waals surface area contributed by atoms with Crippen molar-refractivity contribution < 1.29 is 4.79 Å². The van der Waals surface area contributed by atoms with Crippen LogP contribution in [0.15, 0.2) is 4.99 Å². The van der Waals surface area contributed by atoms with Crippen LogP contribution in [0.5, 0.6) is 0 Å². The Hall–Kier alpha value is -1.10. The Labute approximate surface area is 101 Å². The van der Waals surface area contributed by atoms with Crippen molar-refractivity contribution in [1.29, 1.82) is 0 Å². The Morgan fingerprint density at radius 2 is 2.00 bits per heavy atom. The molecule has 1 spiro atoms. The largest absolute Gasteiger partial charge is 0.340 e. The lowest BCUT2D eigenvalue weighted by atomic mass is 9.73. The lowest BCUT2D eigenvalue weighted by molar-refractivity contribution is -0.131. The van der Waals surface area contributed by atoms with Crippen LogP contribution in [0.3, 0.4) is 0 Å². The maximum Gasteiger partial charge on any atom is 0.254 e. The van der Waals surface area contributed by atoms with Crippen LogP contribution in [0.25, 0.3) is 0 Å². The van der Waals surface area contributed by atoms with Crippen molar-refractivity contribution in [2.45, 2.75) is 37.3 Å². The first-order chi connectivity index (χ1) is 8.26. The molecule has 4 aliphatic heterocycles. The van der Waals surface area contributed by atoms with Gasteiger partial charge in [0.2, 0.25) is 0 Å². The lowest BCUT2D eigenvalue weighted by Gasteiger charge is -2.49. The average molecular weight is 234 g/mol. The number of hydrogen-bond acceptors (Lipinski definition) is 3. The van der Waals surface area contributed by atoms with E-state index < -0.39 is 0 Å². The van der Waals surface area contributed by atoms with Gasteiger partial charge in [0.25, 0.3) is 5.91 Å². The third-order valence-corrected chi connectivity index (χ3v) is 4.59. The van der Waals surface area contributed by atoms with Gasteiger partial charge < -0.3 is 10.2 Å². The van der Waals surface area contributed by atoms with Crippen LogP contribution in [-0.4, -0.2) is 48.0 Å². The van der Waals surface area contributed by atoms with Gasteiger partial charge in [-0.15, -0.1) is 0 Å². The van der Waals surface area contributed by atoms with Crippen molar-refractivity contribution in [2.75, 3.05) is 19.6 Å². The third kappa shape index (κ3) is 1.41. The molecule has 4 saturated heterocycles. The molecule has 5 aliphatic rings. The van der Waals surface area contributed by atoms with Crippen molar-refractivity contribution in [3.63, 3.8) is 0 Å². The van der Waals surface area contributed by atoms with E-state index in [0.717, 1.165) is 38.4 Å². The standard InChI is InChI=1S/C12H18N4O/c17-10-12(7-16-5-3-8(12)4-6-16)15-11(14-10)13-9-1-2-9/h8-9H,1-7H2,(H2,13,14,15,17). The zero-order valence-corrected chi connectivity index (χ0v) is 9.91. The molecule has 1 aliphatic carbocycles. The molecule has 0 aromatic heterocycles. The number of aliphatic imine (C=N–C) groups is 1. The van der Waals surface area contributed by atoms with E-state index in [9.17, 15) is 4.79 Å². The Morgan fingerprint density at radius 1 is 1.24 bits per heavy atom. The van der Waals surface area contributed by atoms with Gasteiger partial charge in [-0.25, -0.2) is 4.99 Å². The summed E-state index contributed by atoms with van der Waals surface area (Å²) in [7, 11) is 0. The quantitative estimate of drug-likeness (QED) is 0.654. The first-order valence-electron chi connectivity index (χ1n) is 6.66. The smallest absolute Gasteiger partial charge is 0.254 e. The predicted octanol–water partition coefficient (Wildman–Crippen LogP) is -0.311. The van der Waals surface area contributed by atoms with E-state index in [4.69, 9.17) is 0 Å². The molecule has 1 unspecified atom stereocenters. The molecule has 5 rings (SSSR count). The van der Waals surface area contributed by atoms with Gasteiger partial charge in [-0.1, -0.05) is 0 Å². The fraction of sp³-hybridized carbons (Fsp3) is 0.833. The number of amides is 1. The topological polar surface area (TPSA) is 56.7 Å². The summed E-state index contributed by atoms with van der Waals surface area (Å²) >= 11 is 0. The van der Waals surface area contributed by atoms with Gasteiger partial charge in [0.15, 0.2) is 5.96 Å². The van der Waals surface area contributed by atoms with E-state index in [2.05, 4.69) is 20.5 Å². The van der Waals surface area contributed by atoms with E-state index >= 15 is 0 Å². The molecule has 1 atom stereocenters. The molecule has 4 heterocycles. The van der Waals surface area contributed by atoms with Crippen LogP contribution in [0.4, 0.5) is 0 Å². The zero-order valence-electron chi connectivity index (χ0n) is 9.91. The molecule has 0 aromatic rings. The number of carbonyl (C=O) groups is 1. The minimum absolute atomic E-state index is 0.145. The maximum absolute atomic E-state index is 12.3. The second kappa shape index (κ2) is 3.22. The van der Waals surface area contributed by atoms with Crippen molar-refractivity contribution in [1.82, 2.24) is 15.5 Å². The van der Waals surface area contributed by atoms with Crippen LogP contribution < -0.4 is 10.6 Å². The van der Waals surface area contributed by atoms with E-state index in [0.29, 0.717) is 12.0 Å². The van der Waals surface area contributed by atoms with Crippen molar-refractivity contribution in [2.24, 2.45) is 10.9 Å².